The fourth-order valence-electron chi connectivity index (χ4n) is 2.95. The van der Waals surface area contributed by atoms with E-state index >= 15 is 0 Å². The Kier molecular flexibility index (Phi) is 7.06. The van der Waals surface area contributed by atoms with Gasteiger partial charge in [-0.1, -0.05) is 26.7 Å². The van der Waals surface area contributed by atoms with Crippen LogP contribution in [0.5, 0.6) is 0 Å². The number of rotatable bonds is 7. The fourth-order valence-corrected chi connectivity index (χ4v) is 2.95. The summed E-state index contributed by atoms with van der Waals surface area (Å²) < 4.78 is 0. The molecule has 0 radical (unpaired) electrons. The Bertz CT molecular complexity index is 164. The van der Waals surface area contributed by atoms with Crippen molar-refractivity contribution in [1.82, 2.24) is 4.90 Å². The van der Waals surface area contributed by atoms with Gasteiger partial charge in [-0.05, 0) is 50.6 Å². The van der Waals surface area contributed by atoms with Crippen LogP contribution in [0.2, 0.25) is 0 Å². The zero-order valence-electron chi connectivity index (χ0n) is 11.1. The maximum Gasteiger partial charge on any atom is 0.0433 e. The molecule has 0 aromatic rings. The van der Waals surface area contributed by atoms with Gasteiger partial charge in [0, 0.05) is 13.2 Å². The van der Waals surface area contributed by atoms with E-state index in [2.05, 4.69) is 18.7 Å². The molecule has 2 heteroatoms. The summed E-state index contributed by atoms with van der Waals surface area (Å²) in [5.41, 5.74) is 0. The zero-order valence-corrected chi connectivity index (χ0v) is 11.1. The molecule has 0 atom stereocenters. The minimum absolute atomic E-state index is 0.381. The van der Waals surface area contributed by atoms with Gasteiger partial charge in [-0.25, -0.2) is 0 Å². The predicted octanol–water partition coefficient (Wildman–Crippen LogP) is 2.91. The largest absolute Gasteiger partial charge is 0.396 e. The standard InChI is InChI=1S/C14H29NO/c1-3-10-15(4-2)12-14-7-5-13(6-8-14)9-11-16/h13-14,16H,3-12H2,1-2H3/t13-,14-. The van der Waals surface area contributed by atoms with Gasteiger partial charge in [-0.3, -0.25) is 0 Å². The van der Waals surface area contributed by atoms with Crippen molar-refractivity contribution in [1.29, 1.82) is 0 Å². The molecule has 1 fully saturated rings. The van der Waals surface area contributed by atoms with Crippen molar-refractivity contribution in [2.24, 2.45) is 11.8 Å². The highest BCUT2D eigenvalue weighted by Crippen LogP contribution is 2.31. The summed E-state index contributed by atoms with van der Waals surface area (Å²) in [5, 5.41) is 8.93. The van der Waals surface area contributed by atoms with E-state index in [1.54, 1.807) is 0 Å². The molecule has 0 amide bonds. The molecule has 0 heterocycles. The van der Waals surface area contributed by atoms with E-state index in [0.29, 0.717) is 6.61 Å². The third-order valence-electron chi connectivity index (χ3n) is 4.01. The maximum absolute atomic E-state index is 8.93. The zero-order chi connectivity index (χ0) is 11.8. The van der Waals surface area contributed by atoms with Crippen LogP contribution in [-0.2, 0) is 0 Å². The summed E-state index contributed by atoms with van der Waals surface area (Å²) in [6.07, 6.45) is 7.74. The first-order valence-corrected chi connectivity index (χ1v) is 7.13. The average Bonchev–Trinajstić information content (AvgIpc) is 2.31. The van der Waals surface area contributed by atoms with Gasteiger partial charge < -0.3 is 10.0 Å². The molecule has 0 aromatic heterocycles. The van der Waals surface area contributed by atoms with E-state index in [0.717, 1.165) is 18.3 Å². The minimum Gasteiger partial charge on any atom is -0.396 e. The monoisotopic (exact) mass is 227 g/mol. The quantitative estimate of drug-likeness (QED) is 0.723. The fraction of sp³-hybridized carbons (Fsp3) is 1.00. The molecular formula is C14H29NO. The molecule has 1 aliphatic rings. The lowest BCUT2D eigenvalue weighted by Gasteiger charge is -2.32. The van der Waals surface area contributed by atoms with Gasteiger partial charge >= 0.3 is 0 Å². The lowest BCUT2D eigenvalue weighted by molar-refractivity contribution is 0.166. The van der Waals surface area contributed by atoms with E-state index in [1.807, 2.05) is 0 Å². The first-order chi connectivity index (χ1) is 7.80. The van der Waals surface area contributed by atoms with Crippen molar-refractivity contribution in [3.8, 4) is 0 Å². The Morgan fingerprint density at radius 2 is 1.69 bits per heavy atom. The van der Waals surface area contributed by atoms with E-state index < -0.39 is 0 Å². The van der Waals surface area contributed by atoms with Crippen molar-refractivity contribution in [3.63, 3.8) is 0 Å². The van der Waals surface area contributed by atoms with Gasteiger partial charge in [0.1, 0.15) is 0 Å². The van der Waals surface area contributed by atoms with Crippen LogP contribution in [-0.4, -0.2) is 36.2 Å². The number of hydrogen-bond donors (Lipinski definition) is 1. The second-order valence-corrected chi connectivity index (χ2v) is 5.29. The smallest absolute Gasteiger partial charge is 0.0433 e. The van der Waals surface area contributed by atoms with Crippen LogP contribution in [0.15, 0.2) is 0 Å². The van der Waals surface area contributed by atoms with Crippen LogP contribution in [0.3, 0.4) is 0 Å². The first kappa shape index (κ1) is 14.0. The SMILES string of the molecule is CCCN(CC)C[C@H]1CC[C@H](CCO)CC1. The molecule has 1 N–H and O–H groups in total. The highest BCUT2D eigenvalue weighted by Gasteiger charge is 2.21. The Morgan fingerprint density at radius 1 is 1.06 bits per heavy atom. The molecule has 0 aliphatic heterocycles. The van der Waals surface area contributed by atoms with Crippen LogP contribution in [0, 0.1) is 11.8 Å². The van der Waals surface area contributed by atoms with Crippen molar-refractivity contribution < 1.29 is 5.11 Å². The van der Waals surface area contributed by atoms with E-state index in [4.69, 9.17) is 5.11 Å². The average molecular weight is 227 g/mol. The van der Waals surface area contributed by atoms with Crippen molar-refractivity contribution in [2.75, 3.05) is 26.2 Å². The summed E-state index contributed by atoms with van der Waals surface area (Å²) >= 11 is 0. The molecule has 0 spiro atoms. The van der Waals surface area contributed by atoms with Gasteiger partial charge in [0.15, 0.2) is 0 Å². The number of aliphatic hydroxyl groups excluding tert-OH is 1. The Balaban J connectivity index is 2.20. The predicted molar refractivity (Wildman–Crippen MR) is 69.6 cm³/mol. The molecule has 0 saturated heterocycles. The second-order valence-electron chi connectivity index (χ2n) is 5.29. The minimum atomic E-state index is 0.381. The van der Waals surface area contributed by atoms with Gasteiger partial charge in [-0.15, -0.1) is 0 Å². The van der Waals surface area contributed by atoms with E-state index in [9.17, 15) is 0 Å². The third kappa shape index (κ3) is 4.84. The van der Waals surface area contributed by atoms with Crippen LogP contribution in [0.25, 0.3) is 0 Å². The summed E-state index contributed by atoms with van der Waals surface area (Å²) in [6, 6.07) is 0. The lowest BCUT2D eigenvalue weighted by atomic mass is 9.80. The Labute approximate surface area is 101 Å². The normalized spacial score (nSPS) is 26.2. The molecule has 1 saturated carbocycles. The molecule has 1 rings (SSSR count). The van der Waals surface area contributed by atoms with Crippen LogP contribution >= 0.6 is 0 Å². The number of hydrogen-bond acceptors (Lipinski definition) is 2. The molecular weight excluding hydrogens is 198 g/mol. The summed E-state index contributed by atoms with van der Waals surface area (Å²) in [7, 11) is 0. The lowest BCUT2D eigenvalue weighted by Crippen LogP contribution is -2.32. The first-order valence-electron chi connectivity index (χ1n) is 7.13. The summed E-state index contributed by atoms with van der Waals surface area (Å²) in [5.74, 6) is 1.73. The number of aliphatic hydroxyl groups is 1. The third-order valence-corrected chi connectivity index (χ3v) is 4.01. The van der Waals surface area contributed by atoms with Gasteiger partial charge in [0.25, 0.3) is 0 Å². The van der Waals surface area contributed by atoms with Crippen LogP contribution in [0.1, 0.15) is 52.4 Å². The van der Waals surface area contributed by atoms with Gasteiger partial charge in [0.2, 0.25) is 0 Å². The molecule has 0 bridgehead atoms. The Morgan fingerprint density at radius 3 is 2.19 bits per heavy atom. The maximum atomic E-state index is 8.93. The van der Waals surface area contributed by atoms with E-state index in [-0.39, 0.29) is 0 Å². The van der Waals surface area contributed by atoms with Crippen molar-refractivity contribution in [3.05, 3.63) is 0 Å². The highest BCUT2D eigenvalue weighted by molar-refractivity contribution is 4.75. The molecule has 0 aromatic carbocycles. The molecule has 2 nitrogen and oxygen atoms in total. The van der Waals surface area contributed by atoms with Gasteiger partial charge in [0.05, 0.1) is 0 Å². The Hall–Kier alpha value is -0.0800. The van der Waals surface area contributed by atoms with Crippen molar-refractivity contribution in [2.45, 2.75) is 52.4 Å². The molecule has 1 aliphatic carbocycles. The molecule has 96 valence electrons. The van der Waals surface area contributed by atoms with Gasteiger partial charge in [-0.2, -0.15) is 0 Å². The summed E-state index contributed by atoms with van der Waals surface area (Å²) in [4.78, 5) is 2.59. The summed E-state index contributed by atoms with van der Waals surface area (Å²) in [6.45, 7) is 8.67. The van der Waals surface area contributed by atoms with Crippen molar-refractivity contribution >= 4 is 0 Å². The van der Waals surface area contributed by atoms with Crippen LogP contribution < -0.4 is 0 Å². The second kappa shape index (κ2) is 8.08. The highest BCUT2D eigenvalue weighted by atomic mass is 16.3. The topological polar surface area (TPSA) is 23.5 Å². The molecule has 16 heavy (non-hydrogen) atoms. The van der Waals surface area contributed by atoms with E-state index in [1.165, 1.54) is 51.7 Å². The molecule has 0 unspecified atom stereocenters. The number of nitrogens with zero attached hydrogens (tertiary/aromatic N) is 1. The van der Waals surface area contributed by atoms with Crippen LogP contribution in [0.4, 0.5) is 0 Å².